The molecule has 1 unspecified atom stereocenters. The molecule has 25 heavy (non-hydrogen) atoms. The minimum atomic E-state index is 0.180. The van der Waals surface area contributed by atoms with Gasteiger partial charge in [0.2, 0.25) is 0 Å². The molecule has 2 nitrogen and oxygen atoms in total. The average molecular weight is 407 g/mol. The fourth-order valence-electron chi connectivity index (χ4n) is 7.55. The molecule has 3 saturated carbocycles. The predicted octanol–water partition coefficient (Wildman–Crippen LogP) is 5.69. The molecule has 0 aromatic rings. The Kier molecular flexibility index (Phi) is 4.15. The van der Waals surface area contributed by atoms with Gasteiger partial charge < -0.3 is 0 Å². The molecule has 0 aliphatic heterocycles. The molecule has 0 radical (unpaired) electrons. The zero-order chi connectivity index (χ0) is 18.1. The molecule has 0 saturated heterocycles. The molecule has 0 spiro atoms. The van der Waals surface area contributed by atoms with E-state index in [1.165, 1.54) is 29.3 Å². The molecule has 0 aromatic carbocycles. The van der Waals surface area contributed by atoms with E-state index in [2.05, 4.69) is 36.7 Å². The van der Waals surface area contributed by atoms with Crippen LogP contribution in [0.1, 0.15) is 72.6 Å². The normalized spacial score (nSPS) is 49.5. The third-order valence-electron chi connectivity index (χ3n) is 8.89. The molecular formula is C22H31BrO2. The number of Topliss-reactive ketones (excluding diaryl/α,β-unsaturated/α-hetero) is 2. The molecule has 4 aliphatic rings. The maximum Gasteiger partial charge on any atom is 0.137 e. The quantitative estimate of drug-likeness (QED) is 0.559. The Morgan fingerprint density at radius 2 is 1.84 bits per heavy atom. The van der Waals surface area contributed by atoms with Crippen molar-refractivity contribution in [3.8, 4) is 0 Å². The van der Waals surface area contributed by atoms with E-state index in [1.54, 1.807) is 6.92 Å². The van der Waals surface area contributed by atoms with Gasteiger partial charge in [0.25, 0.3) is 0 Å². The van der Waals surface area contributed by atoms with Crippen molar-refractivity contribution in [2.75, 3.05) is 0 Å². The van der Waals surface area contributed by atoms with Gasteiger partial charge in [-0.15, -0.1) is 0 Å². The van der Waals surface area contributed by atoms with Gasteiger partial charge in [-0.2, -0.15) is 0 Å². The highest BCUT2D eigenvalue weighted by Crippen LogP contribution is 2.68. The van der Waals surface area contributed by atoms with Crippen LogP contribution in [0.15, 0.2) is 10.1 Å². The first-order valence-electron chi connectivity index (χ1n) is 10.1. The summed E-state index contributed by atoms with van der Waals surface area (Å²) in [4.78, 5) is 24.4. The summed E-state index contributed by atoms with van der Waals surface area (Å²) in [6.45, 7) is 9.00. The fourth-order valence-corrected chi connectivity index (χ4v) is 8.45. The number of carbonyl (C=O) groups is 2. The van der Waals surface area contributed by atoms with Crippen molar-refractivity contribution in [1.29, 1.82) is 0 Å². The van der Waals surface area contributed by atoms with Crippen molar-refractivity contribution >= 4 is 27.5 Å². The summed E-state index contributed by atoms with van der Waals surface area (Å²) >= 11 is 3.94. The lowest BCUT2D eigenvalue weighted by Crippen LogP contribution is -2.53. The lowest BCUT2D eigenvalue weighted by molar-refractivity contribution is -0.130. The molecular weight excluding hydrogens is 376 g/mol. The van der Waals surface area contributed by atoms with E-state index < -0.39 is 0 Å². The van der Waals surface area contributed by atoms with Gasteiger partial charge in [-0.05, 0) is 83.6 Å². The largest absolute Gasteiger partial charge is 0.300 e. The van der Waals surface area contributed by atoms with E-state index >= 15 is 0 Å². The second-order valence-corrected chi connectivity index (χ2v) is 10.7. The summed E-state index contributed by atoms with van der Waals surface area (Å²) in [5, 5.41) is 0. The Bertz CT molecular complexity index is 665. The summed E-state index contributed by atoms with van der Waals surface area (Å²) in [7, 11) is 0. The number of rotatable bonds is 1. The highest BCUT2D eigenvalue weighted by Gasteiger charge is 2.61. The number of halogens is 1. The van der Waals surface area contributed by atoms with Crippen LogP contribution in [0.2, 0.25) is 0 Å². The van der Waals surface area contributed by atoms with Crippen molar-refractivity contribution in [3.05, 3.63) is 10.1 Å². The number of allylic oxidation sites excluding steroid dienone is 2. The van der Waals surface area contributed by atoms with E-state index in [1.807, 2.05) is 0 Å². The third kappa shape index (κ3) is 2.33. The van der Waals surface area contributed by atoms with E-state index in [0.717, 1.165) is 19.3 Å². The second-order valence-electron chi connectivity index (χ2n) is 9.82. The summed E-state index contributed by atoms with van der Waals surface area (Å²) in [6, 6.07) is 0. The Morgan fingerprint density at radius 1 is 1.12 bits per heavy atom. The van der Waals surface area contributed by atoms with Crippen molar-refractivity contribution < 1.29 is 9.59 Å². The number of ketones is 2. The summed E-state index contributed by atoms with van der Waals surface area (Å²) < 4.78 is 1.32. The fraction of sp³-hybridized carbons (Fsp3) is 0.818. The van der Waals surface area contributed by atoms with Crippen LogP contribution in [-0.4, -0.2) is 11.6 Å². The Balaban J connectivity index is 1.77. The number of hydrogen-bond donors (Lipinski definition) is 0. The smallest absolute Gasteiger partial charge is 0.137 e. The Hall–Kier alpha value is -0.440. The van der Waals surface area contributed by atoms with Crippen LogP contribution in [0, 0.1) is 40.4 Å². The molecule has 0 aromatic heterocycles. The molecule has 0 N–H and O–H groups in total. The van der Waals surface area contributed by atoms with Crippen molar-refractivity contribution in [2.24, 2.45) is 40.4 Å². The zero-order valence-corrected chi connectivity index (χ0v) is 17.6. The standard InChI is InChI=1S/C22H31BrO2/c1-12-19-16-6-5-15(13(2)24)21(16,3)10-8-17(19)22(4)9-7-14(25)11-18(22)20(12)23/h12,15-17,19H,5-11H2,1-4H3/t12?,15-,16+,17+,19+,21-,22-/m1/s1. The minimum Gasteiger partial charge on any atom is -0.300 e. The van der Waals surface area contributed by atoms with Crippen LogP contribution < -0.4 is 0 Å². The maximum atomic E-state index is 12.3. The van der Waals surface area contributed by atoms with Gasteiger partial charge >= 0.3 is 0 Å². The molecule has 4 rings (SSSR count). The summed E-state index contributed by atoms with van der Waals surface area (Å²) in [5.41, 5.74) is 1.77. The monoisotopic (exact) mass is 406 g/mol. The van der Waals surface area contributed by atoms with Gasteiger partial charge in [0.15, 0.2) is 0 Å². The highest BCUT2D eigenvalue weighted by atomic mass is 79.9. The van der Waals surface area contributed by atoms with Gasteiger partial charge in [-0.1, -0.05) is 36.7 Å². The molecule has 0 heterocycles. The first-order valence-corrected chi connectivity index (χ1v) is 10.9. The van der Waals surface area contributed by atoms with E-state index in [9.17, 15) is 9.59 Å². The van der Waals surface area contributed by atoms with E-state index in [4.69, 9.17) is 0 Å². The van der Waals surface area contributed by atoms with Crippen molar-refractivity contribution in [1.82, 2.24) is 0 Å². The number of fused-ring (bicyclic) bond motifs is 5. The Morgan fingerprint density at radius 3 is 2.52 bits per heavy atom. The van der Waals surface area contributed by atoms with Crippen molar-refractivity contribution in [3.63, 3.8) is 0 Å². The van der Waals surface area contributed by atoms with Crippen LogP contribution in [0.3, 0.4) is 0 Å². The van der Waals surface area contributed by atoms with Gasteiger partial charge in [-0.25, -0.2) is 0 Å². The van der Waals surface area contributed by atoms with E-state index in [-0.39, 0.29) is 16.7 Å². The molecule has 7 atom stereocenters. The van der Waals surface area contributed by atoms with E-state index in [0.29, 0.717) is 41.7 Å². The lowest BCUT2D eigenvalue weighted by atomic mass is 9.45. The first kappa shape index (κ1) is 17.9. The van der Waals surface area contributed by atoms with Crippen LogP contribution >= 0.6 is 15.9 Å². The molecule has 138 valence electrons. The molecule has 0 bridgehead atoms. The number of hydrogen-bond acceptors (Lipinski definition) is 2. The average Bonchev–Trinajstić information content (AvgIpc) is 2.91. The van der Waals surface area contributed by atoms with Crippen LogP contribution in [-0.2, 0) is 9.59 Å². The first-order chi connectivity index (χ1) is 11.7. The van der Waals surface area contributed by atoms with Gasteiger partial charge in [-0.3, -0.25) is 9.59 Å². The zero-order valence-electron chi connectivity index (χ0n) is 16.0. The molecule has 3 fully saturated rings. The third-order valence-corrected chi connectivity index (χ3v) is 10.1. The summed E-state index contributed by atoms with van der Waals surface area (Å²) in [5.74, 6) is 3.53. The van der Waals surface area contributed by atoms with Gasteiger partial charge in [0, 0.05) is 18.8 Å². The molecule has 4 aliphatic carbocycles. The predicted molar refractivity (Wildman–Crippen MR) is 103 cm³/mol. The SMILES string of the molecule is CC(=O)[C@H]1CC[C@H]2[C@@H]3C(C)C(Br)=C4CC(=O)CC[C@]4(C)[C@H]3CC[C@]12C. The Labute approximate surface area is 160 Å². The second kappa shape index (κ2) is 5.78. The van der Waals surface area contributed by atoms with Crippen LogP contribution in [0.25, 0.3) is 0 Å². The van der Waals surface area contributed by atoms with Crippen LogP contribution in [0.4, 0.5) is 0 Å². The van der Waals surface area contributed by atoms with Crippen LogP contribution in [0.5, 0.6) is 0 Å². The summed E-state index contributed by atoms with van der Waals surface area (Å²) in [6.07, 6.45) is 7.11. The van der Waals surface area contributed by atoms with Gasteiger partial charge in [0.05, 0.1) is 0 Å². The highest BCUT2D eigenvalue weighted by molar-refractivity contribution is 9.11. The van der Waals surface area contributed by atoms with Crippen molar-refractivity contribution in [2.45, 2.75) is 72.6 Å². The topological polar surface area (TPSA) is 34.1 Å². The lowest BCUT2D eigenvalue weighted by Gasteiger charge is -2.59. The minimum absolute atomic E-state index is 0.180. The number of carbonyl (C=O) groups excluding carboxylic acids is 2. The maximum absolute atomic E-state index is 12.3. The van der Waals surface area contributed by atoms with Gasteiger partial charge in [0.1, 0.15) is 11.6 Å². The molecule has 3 heteroatoms. The molecule has 0 amide bonds.